The van der Waals surface area contributed by atoms with Gasteiger partial charge in [-0.2, -0.15) is 0 Å². The van der Waals surface area contributed by atoms with Crippen LogP contribution in [0, 0.1) is 6.92 Å². The van der Waals surface area contributed by atoms with Gasteiger partial charge in [-0.3, -0.25) is 10.3 Å². The smallest absolute Gasteiger partial charge is 0.413 e. The van der Waals surface area contributed by atoms with Gasteiger partial charge in [0.1, 0.15) is 5.60 Å². The fourth-order valence-corrected chi connectivity index (χ4v) is 3.56. The topological polar surface area (TPSA) is 76.7 Å². The molecule has 1 aromatic carbocycles. The number of nitrogens with zero attached hydrogens (tertiary/aromatic N) is 1. The maximum absolute atomic E-state index is 11.9. The molecule has 1 heterocycles. The van der Waals surface area contributed by atoms with Crippen molar-refractivity contribution in [3.05, 3.63) is 29.3 Å². The molecule has 2 rings (SSSR count). The summed E-state index contributed by atoms with van der Waals surface area (Å²) < 4.78 is 5.29. The van der Waals surface area contributed by atoms with E-state index in [1.54, 1.807) is 0 Å². The molecule has 1 atom stereocenters. The Morgan fingerprint density at radius 1 is 1.39 bits per heavy atom. The first-order chi connectivity index (χ1) is 10.6. The number of rotatable bonds is 1. The number of anilines is 1. The van der Waals surface area contributed by atoms with Crippen LogP contribution in [0.15, 0.2) is 23.2 Å². The summed E-state index contributed by atoms with van der Waals surface area (Å²) in [4.78, 5) is 16.7. The first kappa shape index (κ1) is 17.7. The summed E-state index contributed by atoms with van der Waals surface area (Å²) in [6, 6.07) is 5.99. The maximum Gasteiger partial charge on any atom is 0.413 e. The van der Waals surface area contributed by atoms with Crippen LogP contribution < -0.4 is 11.1 Å². The molecule has 1 unspecified atom stereocenters. The predicted molar refractivity (Wildman–Crippen MR) is 96.8 cm³/mol. The van der Waals surface area contributed by atoms with Crippen molar-refractivity contribution in [2.24, 2.45) is 4.99 Å². The number of thioether (sulfide) groups is 1. The van der Waals surface area contributed by atoms with Gasteiger partial charge in [-0.05, 0) is 64.3 Å². The molecule has 1 aromatic rings. The number of hydrogen-bond acceptors (Lipinski definition) is 5. The zero-order valence-corrected chi connectivity index (χ0v) is 15.2. The highest BCUT2D eigenvalue weighted by Gasteiger charge is 2.31. The Morgan fingerprint density at radius 3 is 2.70 bits per heavy atom. The van der Waals surface area contributed by atoms with Gasteiger partial charge in [-0.25, -0.2) is 4.79 Å². The van der Waals surface area contributed by atoms with E-state index in [1.165, 1.54) is 11.8 Å². The van der Waals surface area contributed by atoms with Gasteiger partial charge < -0.3 is 10.5 Å². The lowest BCUT2D eigenvalue weighted by Gasteiger charge is -2.31. The SMILES string of the molecule is Cc1cc(N)cc(C2(C)CCSC(NC(=O)OC(C)(C)C)=N2)c1. The van der Waals surface area contributed by atoms with Gasteiger partial charge in [-0.1, -0.05) is 17.8 Å². The first-order valence-electron chi connectivity index (χ1n) is 7.68. The molecule has 0 radical (unpaired) electrons. The van der Waals surface area contributed by atoms with Crippen molar-refractivity contribution < 1.29 is 9.53 Å². The van der Waals surface area contributed by atoms with Crippen molar-refractivity contribution in [1.82, 2.24) is 5.32 Å². The van der Waals surface area contributed by atoms with Crippen molar-refractivity contribution in [3.63, 3.8) is 0 Å². The largest absolute Gasteiger partial charge is 0.444 e. The number of amidine groups is 1. The highest BCUT2D eigenvalue weighted by molar-refractivity contribution is 8.13. The quantitative estimate of drug-likeness (QED) is 0.765. The van der Waals surface area contributed by atoms with E-state index < -0.39 is 17.2 Å². The minimum absolute atomic E-state index is 0.393. The zero-order chi connectivity index (χ0) is 17.3. The molecular formula is C17H25N3O2S. The van der Waals surface area contributed by atoms with Gasteiger partial charge in [0.05, 0.1) is 5.54 Å². The Kier molecular flexibility index (Phi) is 4.94. The standard InChI is InChI=1S/C17H25N3O2S/c1-11-8-12(10-13(18)9-11)17(5)6-7-23-14(20-17)19-15(21)22-16(2,3)4/h8-10H,6-7,18H2,1-5H3,(H,19,20,21). The van der Waals surface area contributed by atoms with Crippen LogP contribution in [-0.2, 0) is 10.3 Å². The van der Waals surface area contributed by atoms with Crippen LogP contribution in [0.25, 0.3) is 0 Å². The van der Waals surface area contributed by atoms with Gasteiger partial charge in [0.2, 0.25) is 0 Å². The third-order valence-electron chi connectivity index (χ3n) is 3.51. The summed E-state index contributed by atoms with van der Waals surface area (Å²) in [6.07, 6.45) is 0.414. The molecule has 0 saturated heterocycles. The van der Waals surface area contributed by atoms with E-state index in [9.17, 15) is 4.79 Å². The number of carbonyl (C=O) groups excluding carboxylic acids is 1. The molecule has 0 spiro atoms. The summed E-state index contributed by atoms with van der Waals surface area (Å²) in [7, 11) is 0. The third-order valence-corrected chi connectivity index (χ3v) is 4.38. The average Bonchev–Trinajstić information content (AvgIpc) is 2.35. The fraction of sp³-hybridized carbons (Fsp3) is 0.529. The Morgan fingerprint density at radius 2 is 2.09 bits per heavy atom. The van der Waals surface area contributed by atoms with E-state index >= 15 is 0 Å². The molecule has 0 saturated carbocycles. The van der Waals surface area contributed by atoms with Crippen LogP contribution in [0.1, 0.15) is 45.2 Å². The molecule has 0 bridgehead atoms. The molecule has 0 fully saturated rings. The van der Waals surface area contributed by atoms with Gasteiger partial charge in [0.15, 0.2) is 5.17 Å². The second-order valence-corrected chi connectivity index (χ2v) is 8.13. The number of alkyl carbamates (subject to hydrolysis) is 1. The van der Waals surface area contributed by atoms with Crippen molar-refractivity contribution in [3.8, 4) is 0 Å². The molecular weight excluding hydrogens is 310 g/mol. The van der Waals surface area contributed by atoms with Crippen molar-refractivity contribution in [2.75, 3.05) is 11.5 Å². The minimum Gasteiger partial charge on any atom is -0.444 e. The average molecular weight is 335 g/mol. The number of aryl methyl sites for hydroxylation is 1. The lowest BCUT2D eigenvalue weighted by molar-refractivity contribution is 0.0564. The molecule has 23 heavy (non-hydrogen) atoms. The van der Waals surface area contributed by atoms with Crippen molar-refractivity contribution in [2.45, 2.75) is 52.2 Å². The minimum atomic E-state index is -0.529. The Hall–Kier alpha value is -1.69. The maximum atomic E-state index is 11.9. The number of nitrogens with two attached hydrogens (primary N) is 1. The molecule has 3 N–H and O–H groups in total. The highest BCUT2D eigenvalue weighted by atomic mass is 32.2. The summed E-state index contributed by atoms with van der Waals surface area (Å²) in [5.74, 6) is 0.874. The highest BCUT2D eigenvalue weighted by Crippen LogP contribution is 2.36. The molecule has 5 nitrogen and oxygen atoms in total. The van der Waals surface area contributed by atoms with Crippen molar-refractivity contribution in [1.29, 1.82) is 0 Å². The van der Waals surface area contributed by atoms with Crippen LogP contribution in [-0.4, -0.2) is 22.6 Å². The first-order valence-corrected chi connectivity index (χ1v) is 8.66. The van der Waals surface area contributed by atoms with Gasteiger partial charge in [0.25, 0.3) is 0 Å². The second-order valence-electron chi connectivity index (χ2n) is 7.05. The Bertz CT molecular complexity index is 617. The number of carbonyl (C=O) groups is 1. The number of nitrogens with one attached hydrogen (secondary N) is 1. The van der Waals surface area contributed by atoms with Crippen LogP contribution in [0.2, 0.25) is 0 Å². The van der Waals surface area contributed by atoms with Crippen LogP contribution in [0.3, 0.4) is 0 Å². The molecule has 126 valence electrons. The fourth-order valence-electron chi connectivity index (χ4n) is 2.45. The molecule has 1 aliphatic rings. The van der Waals surface area contributed by atoms with Crippen molar-refractivity contribution >= 4 is 28.7 Å². The van der Waals surface area contributed by atoms with E-state index in [4.69, 9.17) is 15.5 Å². The van der Waals surface area contributed by atoms with Gasteiger partial charge in [-0.15, -0.1) is 0 Å². The zero-order valence-electron chi connectivity index (χ0n) is 14.4. The second kappa shape index (κ2) is 6.43. The Balaban J connectivity index is 2.21. The monoisotopic (exact) mass is 335 g/mol. The van der Waals surface area contributed by atoms with E-state index in [0.717, 1.165) is 29.0 Å². The van der Waals surface area contributed by atoms with E-state index in [1.807, 2.05) is 39.8 Å². The number of nitrogen functional groups attached to an aromatic ring is 1. The van der Waals surface area contributed by atoms with Crippen LogP contribution in [0.4, 0.5) is 10.5 Å². The van der Waals surface area contributed by atoms with Crippen LogP contribution >= 0.6 is 11.8 Å². The lowest BCUT2D eigenvalue weighted by Crippen LogP contribution is -2.38. The number of hydrogen-bond donors (Lipinski definition) is 2. The van der Waals surface area contributed by atoms with Crippen LogP contribution in [0.5, 0.6) is 0 Å². The van der Waals surface area contributed by atoms with E-state index in [2.05, 4.69) is 18.3 Å². The van der Waals surface area contributed by atoms with Gasteiger partial charge >= 0.3 is 6.09 Å². The Labute approximate surface area is 142 Å². The summed E-state index contributed by atoms with van der Waals surface area (Å²) in [5, 5.41) is 3.34. The normalized spacial score (nSPS) is 21.5. The number of aliphatic imine (C=N–C) groups is 1. The molecule has 0 aliphatic carbocycles. The molecule has 1 aliphatic heterocycles. The number of benzene rings is 1. The molecule has 6 heteroatoms. The van der Waals surface area contributed by atoms with Gasteiger partial charge in [0, 0.05) is 11.4 Å². The molecule has 0 aromatic heterocycles. The molecule has 1 amide bonds. The van der Waals surface area contributed by atoms with E-state index in [0.29, 0.717) is 5.17 Å². The van der Waals surface area contributed by atoms with E-state index in [-0.39, 0.29) is 0 Å². The number of ether oxygens (including phenoxy) is 1. The summed E-state index contributed by atoms with van der Waals surface area (Å²) in [6.45, 7) is 9.59. The predicted octanol–water partition coefficient (Wildman–Crippen LogP) is 3.81. The number of amides is 1. The summed E-state index contributed by atoms with van der Waals surface area (Å²) in [5.41, 5.74) is 7.95. The summed E-state index contributed by atoms with van der Waals surface area (Å²) >= 11 is 1.53. The third kappa shape index (κ3) is 4.89. The lowest BCUT2D eigenvalue weighted by atomic mass is 9.88.